The van der Waals surface area contributed by atoms with Gasteiger partial charge in [0.15, 0.2) is 0 Å². The summed E-state index contributed by atoms with van der Waals surface area (Å²) in [6.45, 7) is 3.01. The molecule has 1 aromatic rings. The fourth-order valence-electron chi connectivity index (χ4n) is 1.19. The molecular weight excluding hydrogens is 252 g/mol. The van der Waals surface area contributed by atoms with Gasteiger partial charge in [-0.15, -0.1) is 0 Å². The third-order valence-electron chi connectivity index (χ3n) is 2.34. The molecule has 6 nitrogen and oxygen atoms in total. The van der Waals surface area contributed by atoms with Crippen LogP contribution >= 0.6 is 0 Å². The van der Waals surface area contributed by atoms with E-state index in [-0.39, 0.29) is 0 Å². The zero-order valence-electron chi connectivity index (χ0n) is 11.0. The van der Waals surface area contributed by atoms with Gasteiger partial charge in [-0.1, -0.05) is 13.3 Å². The predicted molar refractivity (Wildman–Crippen MR) is 73.9 cm³/mol. The maximum atomic E-state index is 11.6. The molecule has 1 aromatic heterocycles. The van der Waals surface area contributed by atoms with Gasteiger partial charge in [-0.2, -0.15) is 12.7 Å². The molecule has 0 aromatic carbocycles. The lowest BCUT2D eigenvalue weighted by Crippen LogP contribution is -2.29. The van der Waals surface area contributed by atoms with Crippen LogP contribution in [-0.2, 0) is 10.2 Å². The molecule has 1 heterocycles. The largest absolute Gasteiger partial charge is 0.384 e. The van der Waals surface area contributed by atoms with Gasteiger partial charge in [-0.3, -0.25) is 4.72 Å². The van der Waals surface area contributed by atoms with Crippen LogP contribution in [0.2, 0.25) is 0 Å². The second-order valence-electron chi connectivity index (χ2n) is 4.10. The van der Waals surface area contributed by atoms with Crippen molar-refractivity contribution in [3.05, 3.63) is 18.3 Å². The van der Waals surface area contributed by atoms with E-state index in [0.717, 1.165) is 29.4 Å². The number of hydrogen-bond acceptors (Lipinski definition) is 4. The topological polar surface area (TPSA) is 74.3 Å². The highest BCUT2D eigenvalue weighted by molar-refractivity contribution is 7.90. The van der Waals surface area contributed by atoms with E-state index in [0.29, 0.717) is 5.82 Å². The Morgan fingerprint density at radius 3 is 2.56 bits per heavy atom. The molecule has 0 aliphatic heterocycles. The van der Waals surface area contributed by atoms with Crippen LogP contribution in [0.15, 0.2) is 18.3 Å². The molecular formula is C11H20N4O2S. The summed E-state index contributed by atoms with van der Waals surface area (Å²) >= 11 is 0. The van der Waals surface area contributed by atoms with Crippen LogP contribution < -0.4 is 10.0 Å². The van der Waals surface area contributed by atoms with Crippen molar-refractivity contribution in [1.82, 2.24) is 9.29 Å². The van der Waals surface area contributed by atoms with Gasteiger partial charge >= 0.3 is 10.2 Å². The normalized spacial score (nSPS) is 11.6. The average Bonchev–Trinajstić information content (AvgIpc) is 2.31. The molecule has 0 aliphatic carbocycles. The Morgan fingerprint density at radius 2 is 2.06 bits per heavy atom. The molecule has 102 valence electrons. The second-order valence-corrected chi connectivity index (χ2v) is 5.99. The van der Waals surface area contributed by atoms with E-state index in [1.54, 1.807) is 18.3 Å². The summed E-state index contributed by atoms with van der Waals surface area (Å²) in [5, 5.41) is 3.21. The summed E-state index contributed by atoms with van der Waals surface area (Å²) < 4.78 is 26.6. The quantitative estimate of drug-likeness (QED) is 0.738. The standard InChI is InChI=1S/C11H20N4O2S/c1-4-5-8-12-10-6-7-11(13-9-10)14-18(16,17)15(2)3/h6-7,9,12H,4-5,8H2,1-3H3,(H,13,14). The Balaban J connectivity index is 2.61. The zero-order valence-corrected chi connectivity index (χ0v) is 11.8. The molecule has 0 saturated heterocycles. The van der Waals surface area contributed by atoms with Gasteiger partial charge in [0.2, 0.25) is 0 Å². The van der Waals surface area contributed by atoms with Gasteiger partial charge in [0.05, 0.1) is 11.9 Å². The van der Waals surface area contributed by atoms with Crippen molar-refractivity contribution >= 4 is 21.7 Å². The van der Waals surface area contributed by atoms with E-state index < -0.39 is 10.2 Å². The first-order valence-electron chi connectivity index (χ1n) is 5.86. The Hall–Kier alpha value is -1.34. The van der Waals surface area contributed by atoms with Gasteiger partial charge in [0.25, 0.3) is 0 Å². The van der Waals surface area contributed by atoms with Crippen molar-refractivity contribution in [3.8, 4) is 0 Å². The van der Waals surface area contributed by atoms with Crippen LogP contribution in [0.3, 0.4) is 0 Å². The average molecular weight is 272 g/mol. The molecule has 0 bridgehead atoms. The first-order valence-corrected chi connectivity index (χ1v) is 7.30. The van der Waals surface area contributed by atoms with E-state index in [9.17, 15) is 8.42 Å². The number of nitrogens with one attached hydrogen (secondary N) is 2. The summed E-state index contributed by atoms with van der Waals surface area (Å²) in [4.78, 5) is 4.05. The van der Waals surface area contributed by atoms with Crippen molar-refractivity contribution in [2.24, 2.45) is 0 Å². The fraction of sp³-hybridized carbons (Fsp3) is 0.545. The molecule has 0 atom stereocenters. The Kier molecular flexibility index (Phi) is 5.36. The monoisotopic (exact) mass is 272 g/mol. The Bertz CT molecular complexity index is 456. The summed E-state index contributed by atoms with van der Waals surface area (Å²) in [6, 6.07) is 3.44. The minimum Gasteiger partial charge on any atom is -0.384 e. The van der Waals surface area contributed by atoms with Crippen LogP contribution in [0.25, 0.3) is 0 Å². The van der Waals surface area contributed by atoms with Crippen LogP contribution in [0.1, 0.15) is 19.8 Å². The highest BCUT2D eigenvalue weighted by Gasteiger charge is 2.13. The van der Waals surface area contributed by atoms with E-state index in [4.69, 9.17) is 0 Å². The minimum absolute atomic E-state index is 0.310. The van der Waals surface area contributed by atoms with Gasteiger partial charge in [-0.05, 0) is 18.6 Å². The third-order valence-corrected chi connectivity index (χ3v) is 3.77. The van der Waals surface area contributed by atoms with Gasteiger partial charge in [-0.25, -0.2) is 4.98 Å². The molecule has 18 heavy (non-hydrogen) atoms. The highest BCUT2D eigenvalue weighted by atomic mass is 32.2. The minimum atomic E-state index is -3.48. The van der Waals surface area contributed by atoms with E-state index in [2.05, 4.69) is 21.9 Å². The van der Waals surface area contributed by atoms with E-state index in [1.807, 2.05) is 0 Å². The molecule has 0 fully saturated rings. The number of pyridine rings is 1. The number of hydrogen-bond donors (Lipinski definition) is 2. The molecule has 0 aliphatic rings. The highest BCUT2D eigenvalue weighted by Crippen LogP contribution is 2.11. The van der Waals surface area contributed by atoms with Crippen LogP contribution in [0.5, 0.6) is 0 Å². The maximum absolute atomic E-state index is 11.6. The van der Waals surface area contributed by atoms with E-state index >= 15 is 0 Å². The SMILES string of the molecule is CCCCNc1ccc(NS(=O)(=O)N(C)C)nc1. The lowest BCUT2D eigenvalue weighted by atomic mass is 10.3. The lowest BCUT2D eigenvalue weighted by Gasteiger charge is -2.13. The van der Waals surface area contributed by atoms with Crippen molar-refractivity contribution in [2.75, 3.05) is 30.7 Å². The number of unbranched alkanes of at least 4 members (excludes halogenated alkanes) is 1. The number of anilines is 2. The molecule has 0 unspecified atom stereocenters. The fourth-order valence-corrected chi connectivity index (χ4v) is 1.76. The molecule has 2 N–H and O–H groups in total. The number of nitrogens with zero attached hydrogens (tertiary/aromatic N) is 2. The van der Waals surface area contributed by atoms with Gasteiger partial charge < -0.3 is 5.32 Å². The molecule has 0 saturated carbocycles. The smallest absolute Gasteiger partial charge is 0.302 e. The van der Waals surface area contributed by atoms with Gasteiger partial charge in [0.1, 0.15) is 5.82 Å². The maximum Gasteiger partial charge on any atom is 0.302 e. The summed E-state index contributed by atoms with van der Waals surface area (Å²) in [6.07, 6.45) is 3.83. The Labute approximate surface area is 109 Å². The molecule has 7 heteroatoms. The van der Waals surface area contributed by atoms with Crippen molar-refractivity contribution < 1.29 is 8.42 Å². The van der Waals surface area contributed by atoms with Crippen molar-refractivity contribution in [3.63, 3.8) is 0 Å². The molecule has 1 rings (SSSR count). The number of aromatic nitrogens is 1. The van der Waals surface area contributed by atoms with Crippen LogP contribution in [-0.4, -0.2) is 38.3 Å². The van der Waals surface area contributed by atoms with Crippen LogP contribution in [0, 0.1) is 0 Å². The second kappa shape index (κ2) is 6.55. The summed E-state index contributed by atoms with van der Waals surface area (Å²) in [7, 11) is -0.562. The molecule has 0 amide bonds. The lowest BCUT2D eigenvalue weighted by molar-refractivity contribution is 0.526. The van der Waals surface area contributed by atoms with Crippen molar-refractivity contribution in [1.29, 1.82) is 0 Å². The first kappa shape index (κ1) is 14.7. The van der Waals surface area contributed by atoms with Crippen LogP contribution in [0.4, 0.5) is 11.5 Å². The number of rotatable bonds is 7. The predicted octanol–water partition coefficient (Wildman–Crippen LogP) is 1.51. The van der Waals surface area contributed by atoms with Crippen molar-refractivity contribution in [2.45, 2.75) is 19.8 Å². The zero-order chi connectivity index (χ0) is 13.6. The molecule has 0 spiro atoms. The Morgan fingerprint density at radius 1 is 1.33 bits per heavy atom. The third kappa shape index (κ3) is 4.50. The summed E-state index contributed by atoms with van der Waals surface area (Å²) in [5.74, 6) is 0.310. The first-order chi connectivity index (χ1) is 8.45. The molecule has 0 radical (unpaired) electrons. The van der Waals surface area contributed by atoms with E-state index in [1.165, 1.54) is 14.1 Å². The van der Waals surface area contributed by atoms with Gasteiger partial charge in [0, 0.05) is 20.6 Å². The summed E-state index contributed by atoms with van der Waals surface area (Å²) in [5.41, 5.74) is 0.885.